The van der Waals surface area contributed by atoms with Gasteiger partial charge in [-0.2, -0.15) is 0 Å². The van der Waals surface area contributed by atoms with Gasteiger partial charge in [-0.1, -0.05) is 66.4 Å². The van der Waals surface area contributed by atoms with Crippen LogP contribution in [0.3, 0.4) is 0 Å². The normalized spacial score (nSPS) is 11.5. The molecule has 30 heavy (non-hydrogen) atoms. The summed E-state index contributed by atoms with van der Waals surface area (Å²) in [5.41, 5.74) is 1.29. The molecule has 152 valence electrons. The second kappa shape index (κ2) is 8.81. The maximum Gasteiger partial charge on any atom is 0.196 e. The van der Waals surface area contributed by atoms with Gasteiger partial charge in [0.1, 0.15) is 11.6 Å². The molecule has 0 unspecified atom stereocenters. The molecular weight excluding hydrogens is 421 g/mol. The first kappa shape index (κ1) is 20.3. The van der Waals surface area contributed by atoms with E-state index in [-0.39, 0.29) is 16.5 Å². The number of hydrogen-bond donors (Lipinski definition) is 0. The minimum atomic E-state index is -3.60. The molecule has 0 N–H and O–H groups in total. The Bertz CT molecular complexity index is 1240. The lowest BCUT2D eigenvalue weighted by Gasteiger charge is -2.11. The van der Waals surface area contributed by atoms with Crippen molar-refractivity contribution in [3.8, 4) is 5.69 Å². The fourth-order valence-corrected chi connectivity index (χ4v) is 5.18. The van der Waals surface area contributed by atoms with Gasteiger partial charge in [-0.3, -0.25) is 4.57 Å². The zero-order chi connectivity index (χ0) is 21.0. The largest absolute Gasteiger partial charge is 0.273 e. The van der Waals surface area contributed by atoms with Crippen LogP contribution in [0.25, 0.3) is 5.69 Å². The molecule has 0 fully saturated rings. The minimum absolute atomic E-state index is 0.230. The molecule has 8 heteroatoms. The van der Waals surface area contributed by atoms with Gasteiger partial charge in [0.25, 0.3) is 0 Å². The highest BCUT2D eigenvalue weighted by atomic mass is 32.2. The third kappa shape index (κ3) is 4.44. The molecule has 0 spiro atoms. The van der Waals surface area contributed by atoms with Crippen molar-refractivity contribution in [3.05, 3.63) is 102 Å². The SMILES string of the molecule is O=S(=O)(Cc1nnc(SCc2ccccc2F)n1-c1ccccc1)c1ccccc1. The highest BCUT2D eigenvalue weighted by molar-refractivity contribution is 7.98. The van der Waals surface area contributed by atoms with Gasteiger partial charge in [0.15, 0.2) is 20.8 Å². The van der Waals surface area contributed by atoms with Crippen molar-refractivity contribution in [3.63, 3.8) is 0 Å². The number of para-hydroxylation sites is 1. The Hall–Kier alpha value is -2.97. The second-order valence-electron chi connectivity index (χ2n) is 6.52. The fraction of sp³-hybridized carbons (Fsp3) is 0.0909. The van der Waals surface area contributed by atoms with Crippen LogP contribution in [0.5, 0.6) is 0 Å². The van der Waals surface area contributed by atoms with Crippen LogP contribution in [0.15, 0.2) is 95.0 Å². The Morgan fingerprint density at radius 1 is 0.833 bits per heavy atom. The molecule has 0 aliphatic rings. The molecule has 0 bridgehead atoms. The van der Waals surface area contributed by atoms with Crippen molar-refractivity contribution in [2.45, 2.75) is 21.6 Å². The third-order valence-electron chi connectivity index (χ3n) is 4.45. The summed E-state index contributed by atoms with van der Waals surface area (Å²) in [5.74, 6) is 0.0751. The first-order valence-corrected chi connectivity index (χ1v) is 11.8. The van der Waals surface area contributed by atoms with Crippen LogP contribution in [-0.2, 0) is 21.3 Å². The van der Waals surface area contributed by atoms with Crippen molar-refractivity contribution < 1.29 is 12.8 Å². The average Bonchev–Trinajstić information content (AvgIpc) is 3.16. The zero-order valence-corrected chi connectivity index (χ0v) is 17.5. The maximum atomic E-state index is 14.0. The van der Waals surface area contributed by atoms with Crippen LogP contribution in [0, 0.1) is 5.82 Å². The first-order chi connectivity index (χ1) is 14.5. The zero-order valence-electron chi connectivity index (χ0n) is 15.8. The smallest absolute Gasteiger partial charge is 0.196 e. The Morgan fingerprint density at radius 3 is 2.17 bits per heavy atom. The molecule has 0 amide bonds. The Balaban J connectivity index is 1.69. The number of nitrogens with zero attached hydrogens (tertiary/aromatic N) is 3. The molecule has 3 aromatic carbocycles. The molecule has 0 saturated heterocycles. The molecule has 0 saturated carbocycles. The van der Waals surface area contributed by atoms with E-state index in [4.69, 9.17) is 0 Å². The van der Waals surface area contributed by atoms with Gasteiger partial charge < -0.3 is 0 Å². The summed E-state index contributed by atoms with van der Waals surface area (Å²) >= 11 is 1.31. The highest BCUT2D eigenvalue weighted by Gasteiger charge is 2.22. The van der Waals surface area contributed by atoms with Crippen molar-refractivity contribution in [2.75, 3.05) is 0 Å². The Kier molecular flexibility index (Phi) is 5.96. The van der Waals surface area contributed by atoms with Crippen molar-refractivity contribution in [2.24, 2.45) is 0 Å². The molecule has 0 atom stereocenters. The van der Waals surface area contributed by atoms with Crippen molar-refractivity contribution in [1.29, 1.82) is 0 Å². The number of aromatic nitrogens is 3. The number of thioether (sulfide) groups is 1. The van der Waals surface area contributed by atoms with Gasteiger partial charge in [0.05, 0.1) is 4.90 Å². The Morgan fingerprint density at radius 2 is 1.47 bits per heavy atom. The van der Waals surface area contributed by atoms with E-state index in [1.807, 2.05) is 30.3 Å². The topological polar surface area (TPSA) is 64.8 Å². The average molecular weight is 440 g/mol. The van der Waals surface area contributed by atoms with Crippen LogP contribution in [0.1, 0.15) is 11.4 Å². The molecule has 1 aromatic heterocycles. The van der Waals surface area contributed by atoms with E-state index >= 15 is 0 Å². The van der Waals surface area contributed by atoms with E-state index in [1.165, 1.54) is 17.8 Å². The van der Waals surface area contributed by atoms with Crippen LogP contribution in [-0.4, -0.2) is 23.2 Å². The summed E-state index contributed by atoms with van der Waals surface area (Å²) in [5, 5.41) is 8.86. The molecule has 4 aromatic rings. The number of benzene rings is 3. The van der Waals surface area contributed by atoms with E-state index in [0.29, 0.717) is 22.3 Å². The second-order valence-corrected chi connectivity index (χ2v) is 9.45. The summed E-state index contributed by atoms with van der Waals surface area (Å²) in [4.78, 5) is 0.230. The number of rotatable bonds is 7. The van der Waals surface area contributed by atoms with Gasteiger partial charge in [-0.25, -0.2) is 12.8 Å². The lowest BCUT2D eigenvalue weighted by molar-refractivity contribution is 0.593. The predicted octanol–water partition coefficient (Wildman–Crippen LogP) is 4.67. The lowest BCUT2D eigenvalue weighted by Crippen LogP contribution is -2.11. The van der Waals surface area contributed by atoms with Crippen LogP contribution in [0.4, 0.5) is 4.39 Å². The van der Waals surface area contributed by atoms with Gasteiger partial charge in [0.2, 0.25) is 0 Å². The van der Waals surface area contributed by atoms with Gasteiger partial charge in [-0.15, -0.1) is 10.2 Å². The fourth-order valence-electron chi connectivity index (χ4n) is 2.96. The minimum Gasteiger partial charge on any atom is -0.273 e. The summed E-state index contributed by atoms with van der Waals surface area (Å²) < 4.78 is 41.5. The van der Waals surface area contributed by atoms with Crippen LogP contribution in [0.2, 0.25) is 0 Å². The van der Waals surface area contributed by atoms with Gasteiger partial charge in [0, 0.05) is 11.4 Å². The van der Waals surface area contributed by atoms with E-state index in [2.05, 4.69) is 10.2 Å². The third-order valence-corrected chi connectivity index (χ3v) is 7.06. The van der Waals surface area contributed by atoms with E-state index < -0.39 is 9.84 Å². The summed E-state index contributed by atoms with van der Waals surface area (Å²) in [6.07, 6.45) is 0. The maximum absolute atomic E-state index is 14.0. The van der Waals surface area contributed by atoms with E-state index in [1.54, 1.807) is 53.1 Å². The van der Waals surface area contributed by atoms with Gasteiger partial charge in [-0.05, 0) is 35.9 Å². The van der Waals surface area contributed by atoms with E-state index in [0.717, 1.165) is 5.69 Å². The molecular formula is C22H18FN3O2S2. The molecule has 0 radical (unpaired) electrons. The molecule has 0 aliphatic carbocycles. The number of halogens is 1. The van der Waals surface area contributed by atoms with Gasteiger partial charge >= 0.3 is 0 Å². The molecule has 4 rings (SSSR count). The molecule has 1 heterocycles. The summed E-state index contributed by atoms with van der Waals surface area (Å²) in [6.45, 7) is 0. The number of sulfone groups is 1. The Labute approximate surface area is 178 Å². The first-order valence-electron chi connectivity index (χ1n) is 9.18. The predicted molar refractivity (Wildman–Crippen MR) is 115 cm³/mol. The molecule has 0 aliphatic heterocycles. The van der Waals surface area contributed by atoms with Crippen LogP contribution < -0.4 is 0 Å². The van der Waals surface area contributed by atoms with Crippen molar-refractivity contribution in [1.82, 2.24) is 14.8 Å². The highest BCUT2D eigenvalue weighted by Crippen LogP contribution is 2.27. The van der Waals surface area contributed by atoms with E-state index in [9.17, 15) is 12.8 Å². The molecule has 5 nitrogen and oxygen atoms in total. The van der Waals surface area contributed by atoms with Crippen molar-refractivity contribution >= 4 is 21.6 Å². The number of hydrogen-bond acceptors (Lipinski definition) is 5. The standard InChI is InChI=1S/C22H18FN3O2S2/c23-20-14-8-7-9-17(20)15-29-22-25-24-21(26(22)18-10-3-1-4-11-18)16-30(27,28)19-12-5-2-6-13-19/h1-14H,15-16H2. The summed E-state index contributed by atoms with van der Waals surface area (Å²) in [6, 6.07) is 24.1. The lowest BCUT2D eigenvalue weighted by atomic mass is 10.2. The quantitative estimate of drug-likeness (QED) is 0.392. The monoisotopic (exact) mass is 439 g/mol. The van der Waals surface area contributed by atoms with Crippen LogP contribution >= 0.6 is 11.8 Å². The summed E-state index contributed by atoms with van der Waals surface area (Å²) in [7, 11) is -3.60.